The van der Waals surface area contributed by atoms with Crippen molar-refractivity contribution in [3.8, 4) is 10.7 Å². The third kappa shape index (κ3) is 4.52. The fourth-order valence-corrected chi connectivity index (χ4v) is 3.91. The number of aromatic nitrogens is 3. The molecule has 1 amide bonds. The lowest BCUT2D eigenvalue weighted by atomic mass is 9.95. The monoisotopic (exact) mass is 407 g/mol. The van der Waals surface area contributed by atoms with Crippen LogP contribution in [-0.2, 0) is 24.3 Å². The molecule has 1 aliphatic rings. The maximum Gasteiger partial charge on any atom is 0.230 e. The largest absolute Gasteiger partial charge is 0.310 e. The zero-order valence-corrected chi connectivity index (χ0v) is 17.8. The van der Waals surface area contributed by atoms with Crippen molar-refractivity contribution in [2.45, 2.75) is 40.3 Å². The molecular formula is C22H25N5OS. The number of hydrogen-bond acceptors (Lipinski definition) is 6. The minimum atomic E-state index is -0.462. The molecular weight excluding hydrogens is 382 g/mol. The number of thiophene rings is 1. The van der Waals surface area contributed by atoms with Gasteiger partial charge >= 0.3 is 0 Å². The molecule has 7 heteroatoms. The molecule has 0 bridgehead atoms. The highest BCUT2D eigenvalue weighted by molar-refractivity contribution is 7.13. The summed E-state index contributed by atoms with van der Waals surface area (Å²) in [7, 11) is 0. The first kappa shape index (κ1) is 19.7. The zero-order chi connectivity index (χ0) is 20.4. The summed E-state index contributed by atoms with van der Waals surface area (Å²) in [6, 6.07) is 8.01. The van der Waals surface area contributed by atoms with Gasteiger partial charge in [0.05, 0.1) is 10.6 Å². The lowest BCUT2D eigenvalue weighted by Gasteiger charge is -2.28. The number of nitrogens with one attached hydrogen (secondary N) is 1. The van der Waals surface area contributed by atoms with E-state index in [0.29, 0.717) is 5.82 Å². The Labute approximate surface area is 175 Å². The van der Waals surface area contributed by atoms with Crippen LogP contribution in [0.2, 0.25) is 0 Å². The van der Waals surface area contributed by atoms with Gasteiger partial charge in [0, 0.05) is 55.0 Å². The van der Waals surface area contributed by atoms with Crippen molar-refractivity contribution in [2.24, 2.45) is 5.41 Å². The molecule has 6 nitrogen and oxygen atoms in total. The van der Waals surface area contributed by atoms with Crippen molar-refractivity contribution < 1.29 is 4.79 Å². The SMILES string of the molecule is CC(C)(C)C(=O)Nc1ncccc1CN1CCc2nc(-c3cccs3)ncc2C1. The smallest absolute Gasteiger partial charge is 0.230 e. The summed E-state index contributed by atoms with van der Waals surface area (Å²) in [6.45, 7) is 8.13. The molecule has 0 spiro atoms. The second-order valence-corrected chi connectivity index (χ2v) is 9.27. The van der Waals surface area contributed by atoms with Crippen molar-refractivity contribution in [3.05, 3.63) is 58.9 Å². The average Bonchev–Trinajstić information content (AvgIpc) is 3.23. The van der Waals surface area contributed by atoms with E-state index in [2.05, 4.69) is 26.3 Å². The molecule has 0 saturated carbocycles. The highest BCUT2D eigenvalue weighted by Gasteiger charge is 2.24. The highest BCUT2D eigenvalue weighted by atomic mass is 32.1. The van der Waals surface area contributed by atoms with E-state index in [1.165, 1.54) is 5.56 Å². The number of nitrogens with zero attached hydrogens (tertiary/aromatic N) is 4. The minimum Gasteiger partial charge on any atom is -0.310 e. The van der Waals surface area contributed by atoms with Crippen molar-refractivity contribution in [3.63, 3.8) is 0 Å². The topological polar surface area (TPSA) is 71.0 Å². The zero-order valence-electron chi connectivity index (χ0n) is 17.0. The molecule has 4 rings (SSSR count). The number of pyridine rings is 1. The second kappa shape index (κ2) is 8.00. The molecule has 4 heterocycles. The van der Waals surface area contributed by atoms with E-state index in [9.17, 15) is 4.79 Å². The maximum absolute atomic E-state index is 12.4. The molecule has 1 N–H and O–H groups in total. The van der Waals surface area contributed by atoms with Gasteiger partial charge in [-0.2, -0.15) is 0 Å². The Hall–Kier alpha value is -2.64. The normalized spacial score (nSPS) is 14.4. The first-order chi connectivity index (χ1) is 13.9. The lowest BCUT2D eigenvalue weighted by Crippen LogP contribution is -2.32. The van der Waals surface area contributed by atoms with Crippen LogP contribution >= 0.6 is 11.3 Å². The van der Waals surface area contributed by atoms with Crippen LogP contribution in [0, 0.1) is 5.41 Å². The Bertz CT molecular complexity index is 1010. The van der Waals surface area contributed by atoms with Crippen LogP contribution in [0.25, 0.3) is 10.7 Å². The van der Waals surface area contributed by atoms with Crippen molar-refractivity contribution in [1.82, 2.24) is 19.9 Å². The third-order valence-corrected chi connectivity index (χ3v) is 5.82. The van der Waals surface area contributed by atoms with Gasteiger partial charge in [0.15, 0.2) is 5.82 Å². The van der Waals surface area contributed by atoms with E-state index in [-0.39, 0.29) is 5.91 Å². The van der Waals surface area contributed by atoms with E-state index in [0.717, 1.165) is 48.0 Å². The average molecular weight is 408 g/mol. The predicted octanol–water partition coefficient (Wildman–Crippen LogP) is 4.14. The highest BCUT2D eigenvalue weighted by Crippen LogP contribution is 2.26. The summed E-state index contributed by atoms with van der Waals surface area (Å²) < 4.78 is 0. The summed E-state index contributed by atoms with van der Waals surface area (Å²) in [5.41, 5.74) is 2.86. The fourth-order valence-electron chi connectivity index (χ4n) is 3.25. The Morgan fingerprint density at radius 2 is 2.10 bits per heavy atom. The molecule has 29 heavy (non-hydrogen) atoms. The molecule has 0 unspecified atom stereocenters. The van der Waals surface area contributed by atoms with E-state index in [1.807, 2.05) is 50.5 Å². The van der Waals surface area contributed by atoms with Gasteiger partial charge in [-0.25, -0.2) is 15.0 Å². The van der Waals surface area contributed by atoms with E-state index < -0.39 is 5.41 Å². The van der Waals surface area contributed by atoms with Gasteiger partial charge in [0.25, 0.3) is 0 Å². The molecule has 3 aromatic rings. The van der Waals surface area contributed by atoms with Crippen LogP contribution in [0.15, 0.2) is 42.0 Å². The standard InChI is InChI=1S/C22H25N5OS/c1-22(2,3)21(28)26-19-15(6-4-9-23-19)13-27-10-8-17-16(14-27)12-24-20(25-17)18-7-5-11-29-18/h4-7,9,11-12H,8,10,13-14H2,1-3H3,(H,23,26,28). The van der Waals surface area contributed by atoms with Gasteiger partial charge in [-0.1, -0.05) is 32.9 Å². The van der Waals surface area contributed by atoms with Gasteiger partial charge in [0.2, 0.25) is 5.91 Å². The van der Waals surface area contributed by atoms with Crippen molar-refractivity contribution >= 4 is 23.1 Å². The van der Waals surface area contributed by atoms with Crippen molar-refractivity contribution in [2.75, 3.05) is 11.9 Å². The summed E-state index contributed by atoms with van der Waals surface area (Å²) >= 11 is 1.66. The van der Waals surface area contributed by atoms with Gasteiger partial charge in [-0.3, -0.25) is 9.69 Å². The van der Waals surface area contributed by atoms with Crippen LogP contribution in [-0.4, -0.2) is 32.3 Å². The van der Waals surface area contributed by atoms with Crippen LogP contribution in [0.3, 0.4) is 0 Å². The molecule has 0 saturated heterocycles. The summed E-state index contributed by atoms with van der Waals surface area (Å²) in [6.07, 6.45) is 4.56. The van der Waals surface area contributed by atoms with E-state index in [1.54, 1.807) is 17.5 Å². The molecule has 3 aromatic heterocycles. The minimum absolute atomic E-state index is 0.0315. The first-order valence-electron chi connectivity index (χ1n) is 9.76. The Balaban J connectivity index is 1.48. The summed E-state index contributed by atoms with van der Waals surface area (Å²) in [5.74, 6) is 1.42. The van der Waals surface area contributed by atoms with Crippen LogP contribution in [0.4, 0.5) is 5.82 Å². The number of amides is 1. The van der Waals surface area contributed by atoms with Crippen molar-refractivity contribution in [1.29, 1.82) is 0 Å². The molecule has 0 atom stereocenters. The van der Waals surface area contributed by atoms with Crippen LogP contribution in [0.5, 0.6) is 0 Å². The molecule has 1 aliphatic heterocycles. The van der Waals surface area contributed by atoms with Gasteiger partial charge in [-0.15, -0.1) is 11.3 Å². The fraction of sp³-hybridized carbons (Fsp3) is 0.364. The van der Waals surface area contributed by atoms with E-state index in [4.69, 9.17) is 4.98 Å². The van der Waals surface area contributed by atoms with E-state index >= 15 is 0 Å². The van der Waals surface area contributed by atoms with Gasteiger partial charge in [0.1, 0.15) is 5.82 Å². The molecule has 0 aliphatic carbocycles. The number of hydrogen-bond donors (Lipinski definition) is 1. The first-order valence-corrected chi connectivity index (χ1v) is 10.6. The van der Waals surface area contributed by atoms with Gasteiger partial charge in [-0.05, 0) is 17.5 Å². The number of carbonyl (C=O) groups is 1. The third-order valence-electron chi connectivity index (χ3n) is 4.95. The van der Waals surface area contributed by atoms with Gasteiger partial charge < -0.3 is 5.32 Å². The lowest BCUT2D eigenvalue weighted by molar-refractivity contribution is -0.123. The summed E-state index contributed by atoms with van der Waals surface area (Å²) in [5, 5.41) is 5.03. The Kier molecular flexibility index (Phi) is 5.43. The molecule has 0 aromatic carbocycles. The summed E-state index contributed by atoms with van der Waals surface area (Å²) in [4.78, 5) is 29.6. The number of anilines is 1. The molecule has 0 radical (unpaired) electrons. The predicted molar refractivity (Wildman–Crippen MR) is 115 cm³/mol. The van der Waals surface area contributed by atoms with Crippen LogP contribution < -0.4 is 5.32 Å². The number of rotatable bonds is 4. The quantitative estimate of drug-likeness (QED) is 0.704. The maximum atomic E-state index is 12.4. The molecule has 150 valence electrons. The second-order valence-electron chi connectivity index (χ2n) is 8.32. The van der Waals surface area contributed by atoms with Crippen LogP contribution in [0.1, 0.15) is 37.6 Å². The number of carbonyl (C=O) groups excluding carboxylic acids is 1. The Morgan fingerprint density at radius 1 is 1.24 bits per heavy atom. The molecule has 0 fully saturated rings. The Morgan fingerprint density at radius 3 is 2.86 bits per heavy atom. The number of fused-ring (bicyclic) bond motifs is 1.